The first-order chi connectivity index (χ1) is 5.21. The minimum atomic E-state index is -5.59. The molecule has 0 radical (unpaired) electrons. The third-order valence-corrected chi connectivity index (χ3v) is 1.27. The van der Waals surface area contributed by atoms with E-state index in [4.69, 9.17) is 0 Å². The third kappa shape index (κ3) is 1.06. The molecule has 1 rings (SSSR count). The number of rotatable bonds is 0. The Bertz CT molecular complexity index is 161. The molecule has 1 aliphatic rings. The van der Waals surface area contributed by atoms with Gasteiger partial charge >= 0.3 is 18.1 Å². The lowest BCUT2D eigenvalue weighted by Gasteiger charge is -2.42. The summed E-state index contributed by atoms with van der Waals surface area (Å²) in [5, 5.41) is 0. The van der Waals surface area contributed by atoms with Crippen molar-refractivity contribution in [1.29, 1.82) is 0 Å². The van der Waals surface area contributed by atoms with Crippen LogP contribution < -0.4 is 0 Å². The number of alkyl halides is 6. The molecule has 0 atom stereocenters. The molecule has 1 aliphatic heterocycles. The Morgan fingerprint density at radius 1 is 0.833 bits per heavy atom. The summed E-state index contributed by atoms with van der Waals surface area (Å²) >= 11 is 0. The molecule has 72 valence electrons. The fourth-order valence-electron chi connectivity index (χ4n) is 0.665. The molecule has 0 bridgehead atoms. The van der Waals surface area contributed by atoms with Gasteiger partial charge in [0.2, 0.25) is 0 Å². The van der Waals surface area contributed by atoms with E-state index in [1.54, 1.807) is 0 Å². The van der Waals surface area contributed by atoms with Crippen LogP contribution in [0.5, 0.6) is 0 Å². The summed E-state index contributed by atoms with van der Waals surface area (Å²) in [4.78, 5) is 0. The number of ether oxygens (including phenoxy) is 2. The van der Waals surface area contributed by atoms with Crippen LogP contribution >= 0.6 is 0 Å². The van der Waals surface area contributed by atoms with Crippen molar-refractivity contribution in [2.24, 2.45) is 0 Å². The first kappa shape index (κ1) is 9.59. The van der Waals surface area contributed by atoms with Crippen LogP contribution in [-0.4, -0.2) is 24.9 Å². The first-order valence-corrected chi connectivity index (χ1v) is 2.62. The predicted octanol–water partition coefficient (Wildman–Crippen LogP) is 1.81. The maximum atomic E-state index is 11.7. The standard InChI is InChI=1S/C4H2F6O2/c5-3(6,7)2(4(8,9)10)11-1-12-2/h1H2. The van der Waals surface area contributed by atoms with E-state index in [0.717, 1.165) is 0 Å². The van der Waals surface area contributed by atoms with Crippen LogP contribution in [0, 0.1) is 0 Å². The van der Waals surface area contributed by atoms with Gasteiger partial charge in [-0.15, -0.1) is 0 Å². The maximum absolute atomic E-state index is 11.7. The normalized spacial score (nSPS) is 23.5. The summed E-state index contributed by atoms with van der Waals surface area (Å²) in [7, 11) is 0. The second kappa shape index (κ2) is 2.25. The van der Waals surface area contributed by atoms with E-state index >= 15 is 0 Å². The quantitative estimate of drug-likeness (QED) is 0.550. The average molecular weight is 196 g/mol. The molecule has 1 fully saturated rings. The summed E-state index contributed by atoms with van der Waals surface area (Å²) in [5.41, 5.74) is 0. The van der Waals surface area contributed by atoms with Crippen molar-refractivity contribution < 1.29 is 35.8 Å². The Kier molecular flexibility index (Phi) is 1.80. The first-order valence-electron chi connectivity index (χ1n) is 2.62. The monoisotopic (exact) mass is 196 g/mol. The molecule has 0 spiro atoms. The molecule has 1 heterocycles. The van der Waals surface area contributed by atoms with E-state index in [0.29, 0.717) is 0 Å². The molecule has 0 aromatic heterocycles. The van der Waals surface area contributed by atoms with Crippen LogP contribution in [0.15, 0.2) is 0 Å². The molecule has 0 saturated carbocycles. The summed E-state index contributed by atoms with van der Waals surface area (Å²) in [6, 6.07) is 0. The van der Waals surface area contributed by atoms with Crippen molar-refractivity contribution in [2.45, 2.75) is 18.1 Å². The van der Waals surface area contributed by atoms with Crippen molar-refractivity contribution in [2.75, 3.05) is 6.79 Å². The topological polar surface area (TPSA) is 18.5 Å². The molecular weight excluding hydrogens is 194 g/mol. The average Bonchev–Trinajstić information content (AvgIpc) is 1.47. The van der Waals surface area contributed by atoms with Gasteiger partial charge in [0.15, 0.2) is 6.79 Å². The second-order valence-electron chi connectivity index (χ2n) is 2.02. The minimum Gasteiger partial charge on any atom is -0.308 e. The molecule has 2 nitrogen and oxygen atoms in total. The highest BCUT2D eigenvalue weighted by molar-refractivity contribution is 4.90. The van der Waals surface area contributed by atoms with Gasteiger partial charge in [-0.3, -0.25) is 0 Å². The van der Waals surface area contributed by atoms with Gasteiger partial charge in [0, 0.05) is 0 Å². The van der Waals surface area contributed by atoms with E-state index in [-0.39, 0.29) is 0 Å². The number of hydrogen-bond acceptors (Lipinski definition) is 2. The summed E-state index contributed by atoms with van der Waals surface area (Å²) in [6.07, 6.45) is -11.2. The molecule has 8 heteroatoms. The molecule has 0 aromatic rings. The van der Waals surface area contributed by atoms with Crippen LogP contribution in [0.2, 0.25) is 0 Å². The molecule has 1 saturated heterocycles. The molecule has 0 unspecified atom stereocenters. The predicted molar refractivity (Wildman–Crippen MR) is 21.9 cm³/mol. The van der Waals surface area contributed by atoms with Crippen LogP contribution in [0.25, 0.3) is 0 Å². The lowest BCUT2D eigenvalue weighted by molar-refractivity contribution is -0.553. The summed E-state index contributed by atoms with van der Waals surface area (Å²) in [6.45, 7) is -1.00. The van der Waals surface area contributed by atoms with Crippen molar-refractivity contribution in [3.8, 4) is 0 Å². The highest BCUT2D eigenvalue weighted by atomic mass is 19.4. The van der Waals surface area contributed by atoms with E-state index in [1.807, 2.05) is 0 Å². The minimum absolute atomic E-state index is 1.00. The van der Waals surface area contributed by atoms with Gasteiger partial charge in [0.05, 0.1) is 0 Å². The second-order valence-corrected chi connectivity index (χ2v) is 2.02. The summed E-state index contributed by atoms with van der Waals surface area (Å²) in [5.74, 6) is -4.40. The summed E-state index contributed by atoms with van der Waals surface area (Å²) < 4.78 is 76.8. The highest BCUT2D eigenvalue weighted by Gasteiger charge is 2.78. The number of halogens is 6. The fourth-order valence-corrected chi connectivity index (χ4v) is 0.665. The van der Waals surface area contributed by atoms with Crippen LogP contribution in [0.1, 0.15) is 0 Å². The maximum Gasteiger partial charge on any atom is 0.453 e. The van der Waals surface area contributed by atoms with Crippen molar-refractivity contribution in [1.82, 2.24) is 0 Å². The van der Waals surface area contributed by atoms with Crippen molar-refractivity contribution >= 4 is 0 Å². The number of hydrogen-bond donors (Lipinski definition) is 0. The molecule has 0 aromatic carbocycles. The fraction of sp³-hybridized carbons (Fsp3) is 1.00. The van der Waals surface area contributed by atoms with E-state index in [2.05, 4.69) is 9.47 Å². The van der Waals surface area contributed by atoms with Crippen LogP contribution in [-0.2, 0) is 9.47 Å². The van der Waals surface area contributed by atoms with Gasteiger partial charge in [-0.2, -0.15) is 26.3 Å². The molecule has 0 N–H and O–H groups in total. The third-order valence-electron chi connectivity index (χ3n) is 1.27. The Hall–Kier alpha value is -0.500. The van der Waals surface area contributed by atoms with Crippen molar-refractivity contribution in [3.05, 3.63) is 0 Å². The highest BCUT2D eigenvalue weighted by Crippen LogP contribution is 2.50. The Balaban J connectivity index is 2.92. The van der Waals surface area contributed by atoms with Gasteiger partial charge in [-0.1, -0.05) is 0 Å². The molecule has 0 amide bonds. The van der Waals surface area contributed by atoms with E-state index in [1.165, 1.54) is 0 Å². The van der Waals surface area contributed by atoms with Crippen LogP contribution in [0.4, 0.5) is 26.3 Å². The molecule has 0 aliphatic carbocycles. The van der Waals surface area contributed by atoms with E-state index in [9.17, 15) is 26.3 Å². The Morgan fingerprint density at radius 3 is 1.17 bits per heavy atom. The zero-order valence-corrected chi connectivity index (χ0v) is 5.29. The molecular formula is C4H2F6O2. The van der Waals surface area contributed by atoms with Gasteiger partial charge in [0.25, 0.3) is 0 Å². The Morgan fingerprint density at radius 2 is 1.17 bits per heavy atom. The lowest BCUT2D eigenvalue weighted by atomic mass is 10.2. The van der Waals surface area contributed by atoms with Gasteiger partial charge in [-0.05, 0) is 0 Å². The lowest BCUT2D eigenvalue weighted by Crippen LogP contribution is -2.67. The van der Waals surface area contributed by atoms with Gasteiger partial charge < -0.3 is 9.47 Å². The zero-order valence-electron chi connectivity index (χ0n) is 5.29. The van der Waals surface area contributed by atoms with Crippen molar-refractivity contribution in [3.63, 3.8) is 0 Å². The van der Waals surface area contributed by atoms with E-state index < -0.39 is 24.9 Å². The molecule has 12 heavy (non-hydrogen) atoms. The smallest absolute Gasteiger partial charge is 0.308 e. The van der Waals surface area contributed by atoms with Gasteiger partial charge in [0.1, 0.15) is 0 Å². The van der Waals surface area contributed by atoms with Gasteiger partial charge in [-0.25, -0.2) is 0 Å². The van der Waals surface area contributed by atoms with Crippen LogP contribution in [0.3, 0.4) is 0 Å². The Labute approximate surface area is 62.0 Å². The largest absolute Gasteiger partial charge is 0.453 e. The SMILES string of the molecule is FC(F)(F)C1(C(F)(F)F)OCO1. The zero-order chi connectivity index (χ0) is 9.62.